The Kier molecular flexibility index (Phi) is 2.36. The number of aliphatic imine (C=N–C) groups is 2. The Morgan fingerprint density at radius 3 is 3.09 bits per heavy atom. The number of rotatable bonds is 0. The van der Waals surface area contributed by atoms with Crippen LogP contribution in [0, 0.1) is 5.41 Å². The zero-order chi connectivity index (χ0) is 8.27. The minimum absolute atomic E-state index is 0.291. The average molecular weight is 152 g/mol. The molecule has 4 nitrogen and oxygen atoms in total. The Hall–Kier alpha value is -1.19. The minimum atomic E-state index is 0.291. The van der Waals surface area contributed by atoms with Crippen molar-refractivity contribution in [1.82, 2.24) is 4.90 Å². The zero-order valence-electron chi connectivity index (χ0n) is 6.83. The van der Waals surface area contributed by atoms with Crippen LogP contribution < -0.4 is 0 Å². The number of guanidine groups is 1. The second kappa shape index (κ2) is 3.27. The smallest absolute Gasteiger partial charge is 0.222 e. The molecule has 1 aliphatic heterocycles. The van der Waals surface area contributed by atoms with Gasteiger partial charge in [0.1, 0.15) is 5.84 Å². The molecule has 0 aromatic rings. The maximum Gasteiger partial charge on any atom is 0.222 e. The summed E-state index contributed by atoms with van der Waals surface area (Å²) >= 11 is 0. The maximum atomic E-state index is 7.43. The van der Waals surface area contributed by atoms with E-state index in [1.165, 1.54) is 0 Å². The van der Waals surface area contributed by atoms with Gasteiger partial charge in [-0.1, -0.05) is 0 Å². The third-order valence-electron chi connectivity index (χ3n) is 1.67. The Morgan fingerprint density at radius 1 is 1.82 bits per heavy atom. The van der Waals surface area contributed by atoms with Gasteiger partial charge >= 0.3 is 0 Å². The summed E-state index contributed by atoms with van der Waals surface area (Å²) in [5.74, 6) is 1.14. The SMILES string of the molecule is CN=C(C)N1CCC=NC1=N. The van der Waals surface area contributed by atoms with Crippen LogP contribution >= 0.6 is 0 Å². The molecule has 0 unspecified atom stereocenters. The third kappa shape index (κ3) is 1.63. The Morgan fingerprint density at radius 2 is 2.55 bits per heavy atom. The van der Waals surface area contributed by atoms with E-state index >= 15 is 0 Å². The lowest BCUT2D eigenvalue weighted by Crippen LogP contribution is -2.37. The molecule has 4 heteroatoms. The van der Waals surface area contributed by atoms with Crippen LogP contribution in [0.3, 0.4) is 0 Å². The second-order valence-electron chi connectivity index (χ2n) is 2.35. The molecule has 0 radical (unpaired) electrons. The van der Waals surface area contributed by atoms with Crippen molar-refractivity contribution in [2.75, 3.05) is 13.6 Å². The van der Waals surface area contributed by atoms with Crippen LogP contribution in [0.4, 0.5) is 0 Å². The summed E-state index contributed by atoms with van der Waals surface area (Å²) in [6.07, 6.45) is 2.66. The molecule has 0 aromatic heterocycles. The normalized spacial score (nSPS) is 19.3. The standard InChI is InChI=1S/C7H12N4/c1-6(9-2)11-5-3-4-10-7(11)8/h4,8H,3,5H2,1-2H3. The molecule has 0 aliphatic carbocycles. The van der Waals surface area contributed by atoms with Crippen LogP contribution in [0.2, 0.25) is 0 Å². The predicted octanol–water partition coefficient (Wildman–Crippen LogP) is 0.746. The van der Waals surface area contributed by atoms with Crippen LogP contribution in [0.25, 0.3) is 0 Å². The highest BCUT2D eigenvalue weighted by molar-refractivity contribution is 6.01. The molecule has 0 aromatic carbocycles. The molecule has 1 aliphatic rings. The highest BCUT2D eigenvalue weighted by Crippen LogP contribution is 2.00. The number of nitrogens with zero attached hydrogens (tertiary/aromatic N) is 3. The molecular weight excluding hydrogens is 140 g/mol. The lowest BCUT2D eigenvalue weighted by molar-refractivity contribution is 0.597. The van der Waals surface area contributed by atoms with Crippen molar-refractivity contribution in [2.45, 2.75) is 13.3 Å². The van der Waals surface area contributed by atoms with Gasteiger partial charge in [0.25, 0.3) is 0 Å². The van der Waals surface area contributed by atoms with Crippen molar-refractivity contribution in [3.05, 3.63) is 0 Å². The molecule has 0 saturated carbocycles. The van der Waals surface area contributed by atoms with Gasteiger partial charge in [0.2, 0.25) is 5.96 Å². The van der Waals surface area contributed by atoms with E-state index in [1.807, 2.05) is 6.92 Å². The Bertz CT molecular complexity index is 216. The third-order valence-corrected chi connectivity index (χ3v) is 1.67. The fourth-order valence-electron chi connectivity index (χ4n) is 0.949. The van der Waals surface area contributed by atoms with Crippen LogP contribution in [-0.2, 0) is 0 Å². The van der Waals surface area contributed by atoms with E-state index in [0.717, 1.165) is 18.8 Å². The summed E-state index contributed by atoms with van der Waals surface area (Å²) in [7, 11) is 1.72. The number of nitrogens with one attached hydrogen (secondary N) is 1. The number of amidine groups is 1. The highest BCUT2D eigenvalue weighted by atomic mass is 15.3. The van der Waals surface area contributed by atoms with E-state index in [0.29, 0.717) is 5.96 Å². The first-order valence-corrected chi connectivity index (χ1v) is 3.57. The summed E-state index contributed by atoms with van der Waals surface area (Å²) in [5, 5.41) is 7.43. The van der Waals surface area contributed by atoms with Crippen molar-refractivity contribution in [3.8, 4) is 0 Å². The summed E-state index contributed by atoms with van der Waals surface area (Å²) in [5.41, 5.74) is 0. The summed E-state index contributed by atoms with van der Waals surface area (Å²) in [6, 6.07) is 0. The van der Waals surface area contributed by atoms with Crippen LogP contribution in [0.15, 0.2) is 9.98 Å². The van der Waals surface area contributed by atoms with Gasteiger partial charge in [-0.25, -0.2) is 4.99 Å². The first-order valence-electron chi connectivity index (χ1n) is 3.57. The molecule has 0 bridgehead atoms. The fourth-order valence-corrected chi connectivity index (χ4v) is 0.949. The van der Waals surface area contributed by atoms with Crippen LogP contribution in [-0.4, -0.2) is 36.5 Å². The van der Waals surface area contributed by atoms with E-state index in [-0.39, 0.29) is 0 Å². The second-order valence-corrected chi connectivity index (χ2v) is 2.35. The van der Waals surface area contributed by atoms with Crippen LogP contribution in [0.1, 0.15) is 13.3 Å². The first kappa shape index (κ1) is 7.91. The van der Waals surface area contributed by atoms with Gasteiger partial charge < -0.3 is 0 Å². The molecule has 0 spiro atoms. The van der Waals surface area contributed by atoms with Gasteiger partial charge in [0.15, 0.2) is 0 Å². The number of hydrogen-bond acceptors (Lipinski definition) is 2. The van der Waals surface area contributed by atoms with Gasteiger partial charge in [0, 0.05) is 26.2 Å². The molecule has 11 heavy (non-hydrogen) atoms. The fraction of sp³-hybridized carbons (Fsp3) is 0.571. The highest BCUT2D eigenvalue weighted by Gasteiger charge is 2.13. The Labute approximate surface area is 66.2 Å². The first-order chi connectivity index (χ1) is 5.25. The monoisotopic (exact) mass is 152 g/mol. The lowest BCUT2D eigenvalue weighted by atomic mass is 10.3. The molecule has 0 saturated heterocycles. The largest absolute Gasteiger partial charge is 0.299 e. The van der Waals surface area contributed by atoms with E-state index < -0.39 is 0 Å². The lowest BCUT2D eigenvalue weighted by Gasteiger charge is -2.23. The van der Waals surface area contributed by atoms with E-state index in [2.05, 4.69) is 9.98 Å². The summed E-state index contributed by atoms with van der Waals surface area (Å²) in [4.78, 5) is 9.67. The van der Waals surface area contributed by atoms with Crippen molar-refractivity contribution in [3.63, 3.8) is 0 Å². The van der Waals surface area contributed by atoms with E-state index in [9.17, 15) is 0 Å². The molecular formula is C7H12N4. The molecule has 0 fully saturated rings. The quantitative estimate of drug-likeness (QED) is 0.404. The van der Waals surface area contributed by atoms with Gasteiger partial charge in [-0.3, -0.25) is 15.3 Å². The zero-order valence-corrected chi connectivity index (χ0v) is 6.83. The maximum absolute atomic E-state index is 7.43. The summed E-state index contributed by atoms with van der Waals surface area (Å²) in [6.45, 7) is 2.71. The average Bonchev–Trinajstić information content (AvgIpc) is 2.04. The minimum Gasteiger partial charge on any atom is -0.299 e. The van der Waals surface area contributed by atoms with Crippen molar-refractivity contribution < 1.29 is 0 Å². The molecule has 0 atom stereocenters. The van der Waals surface area contributed by atoms with Gasteiger partial charge in [0.05, 0.1) is 0 Å². The van der Waals surface area contributed by atoms with Crippen molar-refractivity contribution in [2.24, 2.45) is 9.98 Å². The van der Waals surface area contributed by atoms with Crippen LogP contribution in [0.5, 0.6) is 0 Å². The predicted molar refractivity (Wildman–Crippen MR) is 46.6 cm³/mol. The van der Waals surface area contributed by atoms with Crippen molar-refractivity contribution >= 4 is 18.0 Å². The Balaban J connectivity index is 2.73. The molecule has 1 rings (SSSR count). The van der Waals surface area contributed by atoms with Crippen molar-refractivity contribution in [1.29, 1.82) is 5.41 Å². The summed E-state index contributed by atoms with van der Waals surface area (Å²) < 4.78 is 0. The van der Waals surface area contributed by atoms with E-state index in [4.69, 9.17) is 5.41 Å². The van der Waals surface area contributed by atoms with Gasteiger partial charge in [-0.2, -0.15) is 0 Å². The topological polar surface area (TPSA) is 51.8 Å². The molecule has 1 N–H and O–H groups in total. The van der Waals surface area contributed by atoms with Gasteiger partial charge in [-0.05, 0) is 6.92 Å². The van der Waals surface area contributed by atoms with Gasteiger partial charge in [-0.15, -0.1) is 0 Å². The van der Waals surface area contributed by atoms with E-state index in [1.54, 1.807) is 18.2 Å². The molecule has 60 valence electrons. The molecule has 1 heterocycles. The molecule has 0 amide bonds. The number of hydrogen-bond donors (Lipinski definition) is 1.